The molecule has 2 heterocycles. The number of para-hydroxylation sites is 3. The fraction of sp³-hybridized carbons (Fsp3) is 0.0233. The zero-order chi connectivity index (χ0) is 29.5. The summed E-state index contributed by atoms with van der Waals surface area (Å²) in [6.07, 6.45) is 0. The van der Waals surface area contributed by atoms with Crippen molar-refractivity contribution in [3.8, 4) is 27.9 Å². The van der Waals surface area contributed by atoms with E-state index in [-0.39, 0.29) is 5.92 Å². The molecule has 210 valence electrons. The second-order valence-corrected chi connectivity index (χ2v) is 12.2. The molecule has 0 spiro atoms. The number of aromatic amines is 1. The lowest BCUT2D eigenvalue weighted by molar-refractivity contribution is 1.01. The maximum Gasteiger partial charge on any atom is 0.0541 e. The second kappa shape index (κ2) is 9.32. The highest BCUT2D eigenvalue weighted by Gasteiger charge is 2.30. The van der Waals surface area contributed by atoms with Crippen LogP contribution in [0.5, 0.6) is 0 Å². The number of rotatable bonds is 3. The number of benzene rings is 7. The lowest BCUT2D eigenvalue weighted by Crippen LogP contribution is -2.03. The quantitative estimate of drug-likeness (QED) is 0.217. The van der Waals surface area contributed by atoms with Crippen molar-refractivity contribution in [2.75, 3.05) is 0 Å². The summed E-state index contributed by atoms with van der Waals surface area (Å²) in [6, 6.07) is 58.1. The van der Waals surface area contributed by atoms with Gasteiger partial charge in [0.1, 0.15) is 0 Å². The van der Waals surface area contributed by atoms with Gasteiger partial charge >= 0.3 is 0 Å². The van der Waals surface area contributed by atoms with Gasteiger partial charge in [-0.1, -0.05) is 115 Å². The van der Waals surface area contributed by atoms with Crippen LogP contribution in [0.3, 0.4) is 0 Å². The molecule has 9 aromatic rings. The molecule has 0 amide bonds. The summed E-state index contributed by atoms with van der Waals surface area (Å²) in [5.74, 6) is 0.154. The SMILES string of the molecule is c1ccc2c(c1)-c1ccccc1C2c1cc(-c2ccc3[nH]c4ccccc4c3c2)cc(-n2c3ccccc3c3ccccc32)c1. The van der Waals surface area contributed by atoms with E-state index in [1.807, 2.05) is 0 Å². The van der Waals surface area contributed by atoms with Gasteiger partial charge in [-0.15, -0.1) is 0 Å². The van der Waals surface area contributed by atoms with E-state index >= 15 is 0 Å². The summed E-state index contributed by atoms with van der Waals surface area (Å²) in [4.78, 5) is 3.60. The number of hydrogen-bond acceptors (Lipinski definition) is 0. The Morgan fingerprint density at radius 2 is 1.00 bits per heavy atom. The summed E-state index contributed by atoms with van der Waals surface area (Å²) in [5, 5.41) is 5.06. The molecule has 2 aromatic heterocycles. The number of H-pyrrole nitrogens is 1. The molecule has 0 fully saturated rings. The van der Waals surface area contributed by atoms with E-state index in [1.54, 1.807) is 0 Å². The first-order valence-corrected chi connectivity index (χ1v) is 15.6. The van der Waals surface area contributed by atoms with Gasteiger partial charge in [0.2, 0.25) is 0 Å². The molecule has 0 radical (unpaired) electrons. The molecule has 10 rings (SSSR count). The summed E-state index contributed by atoms with van der Waals surface area (Å²) >= 11 is 0. The molecular weight excluding hydrogens is 544 g/mol. The number of fused-ring (bicyclic) bond motifs is 9. The Morgan fingerprint density at radius 3 is 1.71 bits per heavy atom. The molecule has 1 aliphatic rings. The lowest BCUT2D eigenvalue weighted by Gasteiger charge is -2.19. The third kappa shape index (κ3) is 3.57. The van der Waals surface area contributed by atoms with E-state index in [2.05, 4.69) is 167 Å². The predicted octanol–water partition coefficient (Wildman–Crippen LogP) is 11.2. The van der Waals surface area contributed by atoms with Gasteiger partial charge in [-0.2, -0.15) is 0 Å². The van der Waals surface area contributed by atoms with Crippen LogP contribution in [-0.4, -0.2) is 9.55 Å². The first kappa shape index (κ1) is 24.6. The van der Waals surface area contributed by atoms with Gasteiger partial charge in [-0.05, 0) is 81.4 Å². The van der Waals surface area contributed by atoms with E-state index < -0.39 is 0 Å². The van der Waals surface area contributed by atoms with Crippen LogP contribution in [0.15, 0.2) is 158 Å². The third-order valence-electron chi connectivity index (χ3n) is 9.78. The van der Waals surface area contributed by atoms with Crippen molar-refractivity contribution in [1.82, 2.24) is 9.55 Å². The van der Waals surface area contributed by atoms with Gasteiger partial charge < -0.3 is 9.55 Å². The molecule has 2 heteroatoms. The average Bonchev–Trinajstić information content (AvgIpc) is 3.75. The Balaban J connectivity index is 1.28. The van der Waals surface area contributed by atoms with Crippen molar-refractivity contribution in [1.29, 1.82) is 0 Å². The summed E-state index contributed by atoms with van der Waals surface area (Å²) in [5.41, 5.74) is 15.1. The van der Waals surface area contributed by atoms with Gasteiger partial charge in [0.15, 0.2) is 0 Å². The molecule has 0 saturated carbocycles. The monoisotopic (exact) mass is 572 g/mol. The number of aromatic nitrogens is 2. The van der Waals surface area contributed by atoms with Crippen molar-refractivity contribution in [2.24, 2.45) is 0 Å². The van der Waals surface area contributed by atoms with Crippen LogP contribution in [0.25, 0.3) is 71.6 Å². The van der Waals surface area contributed by atoms with Crippen molar-refractivity contribution >= 4 is 43.6 Å². The summed E-state index contributed by atoms with van der Waals surface area (Å²) in [6.45, 7) is 0. The molecule has 7 aromatic carbocycles. The molecule has 1 aliphatic carbocycles. The van der Waals surface area contributed by atoms with E-state index in [0.717, 1.165) is 5.52 Å². The van der Waals surface area contributed by atoms with Gasteiger partial charge in [-0.3, -0.25) is 0 Å². The topological polar surface area (TPSA) is 20.7 Å². The Hall–Kier alpha value is -5.86. The Kier molecular flexibility index (Phi) is 5.09. The standard InChI is InChI=1S/C43H28N2/c1-3-16-36-31(11-1)32-12-2-4-17-37(32)43(36)29-23-28(27-21-22-40-38(26-27)33-13-5-8-18-39(33)44-40)24-30(25-29)45-41-19-9-6-14-34(41)35-15-7-10-20-42(35)45/h1-26,43-44H. The first-order valence-electron chi connectivity index (χ1n) is 15.6. The number of nitrogens with zero attached hydrogens (tertiary/aromatic N) is 1. The molecule has 2 nitrogen and oxygen atoms in total. The highest BCUT2D eigenvalue weighted by Crippen LogP contribution is 2.49. The normalized spacial score (nSPS) is 12.8. The van der Waals surface area contributed by atoms with Crippen LogP contribution in [0, 0.1) is 0 Å². The number of nitrogens with one attached hydrogen (secondary N) is 1. The van der Waals surface area contributed by atoms with Gasteiger partial charge in [-0.25, -0.2) is 0 Å². The predicted molar refractivity (Wildman–Crippen MR) is 188 cm³/mol. The minimum atomic E-state index is 0.154. The Bertz CT molecular complexity index is 2520. The maximum atomic E-state index is 3.60. The molecule has 0 bridgehead atoms. The third-order valence-corrected chi connectivity index (χ3v) is 9.78. The van der Waals surface area contributed by atoms with E-state index in [1.165, 1.54) is 82.7 Å². The van der Waals surface area contributed by atoms with Crippen molar-refractivity contribution < 1.29 is 0 Å². The molecule has 0 aliphatic heterocycles. The largest absolute Gasteiger partial charge is 0.355 e. The molecule has 0 saturated heterocycles. The van der Waals surface area contributed by atoms with Crippen molar-refractivity contribution in [2.45, 2.75) is 5.92 Å². The smallest absolute Gasteiger partial charge is 0.0541 e. The minimum absolute atomic E-state index is 0.154. The average molecular weight is 573 g/mol. The zero-order valence-corrected chi connectivity index (χ0v) is 24.5. The van der Waals surface area contributed by atoms with Crippen LogP contribution in [0.2, 0.25) is 0 Å². The van der Waals surface area contributed by atoms with Crippen LogP contribution >= 0.6 is 0 Å². The van der Waals surface area contributed by atoms with Crippen molar-refractivity contribution in [3.63, 3.8) is 0 Å². The fourth-order valence-corrected chi connectivity index (χ4v) is 7.84. The Labute approximate surface area is 260 Å². The van der Waals surface area contributed by atoms with Crippen molar-refractivity contribution in [3.05, 3.63) is 174 Å². The summed E-state index contributed by atoms with van der Waals surface area (Å²) < 4.78 is 2.45. The van der Waals surface area contributed by atoms with E-state index in [0.29, 0.717) is 0 Å². The molecule has 1 N–H and O–H groups in total. The zero-order valence-electron chi connectivity index (χ0n) is 24.5. The van der Waals surface area contributed by atoms with Crippen LogP contribution in [0.1, 0.15) is 22.6 Å². The first-order chi connectivity index (χ1) is 22.3. The van der Waals surface area contributed by atoms with Crippen LogP contribution < -0.4 is 0 Å². The number of hydrogen-bond donors (Lipinski definition) is 1. The van der Waals surface area contributed by atoms with Gasteiger partial charge in [0.05, 0.1) is 11.0 Å². The Morgan fingerprint density at radius 1 is 0.422 bits per heavy atom. The maximum absolute atomic E-state index is 3.60. The molecule has 0 atom stereocenters. The summed E-state index contributed by atoms with van der Waals surface area (Å²) in [7, 11) is 0. The molecular formula is C43H28N2. The second-order valence-electron chi connectivity index (χ2n) is 12.2. The molecule has 0 unspecified atom stereocenters. The van der Waals surface area contributed by atoms with Crippen LogP contribution in [-0.2, 0) is 0 Å². The highest BCUT2D eigenvalue weighted by atomic mass is 15.0. The van der Waals surface area contributed by atoms with E-state index in [9.17, 15) is 0 Å². The van der Waals surface area contributed by atoms with Gasteiger partial charge in [0, 0.05) is 44.2 Å². The van der Waals surface area contributed by atoms with Gasteiger partial charge in [0.25, 0.3) is 0 Å². The fourth-order valence-electron chi connectivity index (χ4n) is 7.84. The van der Waals surface area contributed by atoms with Crippen LogP contribution in [0.4, 0.5) is 0 Å². The lowest BCUT2D eigenvalue weighted by atomic mass is 9.87. The molecule has 45 heavy (non-hydrogen) atoms. The minimum Gasteiger partial charge on any atom is -0.355 e. The van der Waals surface area contributed by atoms with E-state index in [4.69, 9.17) is 0 Å². The highest BCUT2D eigenvalue weighted by molar-refractivity contribution is 6.10.